The first-order valence-electron chi connectivity index (χ1n) is 8.01. The van der Waals surface area contributed by atoms with Crippen LogP contribution in [0.15, 0.2) is 23.1 Å². The van der Waals surface area contributed by atoms with Gasteiger partial charge in [0.1, 0.15) is 0 Å². The zero-order valence-electron chi connectivity index (χ0n) is 14.0. The molecule has 1 aromatic carbocycles. The normalized spacial score (nSPS) is 13.9. The molecule has 1 aliphatic heterocycles. The van der Waals surface area contributed by atoms with E-state index in [0.29, 0.717) is 17.8 Å². The molecule has 1 heterocycles. The minimum atomic E-state index is -3.79. The lowest BCUT2D eigenvalue weighted by Crippen LogP contribution is -2.37. The van der Waals surface area contributed by atoms with E-state index in [4.69, 9.17) is 0 Å². The Balaban J connectivity index is 1.95. The van der Waals surface area contributed by atoms with E-state index < -0.39 is 10.0 Å². The number of nitrogens with one attached hydrogen (secondary N) is 2. The molecule has 132 valence electrons. The molecule has 0 aliphatic carbocycles. The first-order valence-corrected chi connectivity index (χ1v) is 9.49. The molecule has 0 bridgehead atoms. The van der Waals surface area contributed by atoms with Crippen LogP contribution in [-0.4, -0.2) is 40.4 Å². The van der Waals surface area contributed by atoms with Crippen molar-refractivity contribution in [2.45, 2.75) is 37.5 Å². The minimum absolute atomic E-state index is 0.0585. The Morgan fingerprint density at radius 2 is 2.04 bits per heavy atom. The van der Waals surface area contributed by atoms with Gasteiger partial charge in [-0.1, -0.05) is 19.8 Å². The fourth-order valence-electron chi connectivity index (χ4n) is 2.52. The Bertz CT molecular complexity index is 731. The van der Waals surface area contributed by atoms with Crippen LogP contribution in [0.5, 0.6) is 0 Å². The lowest BCUT2D eigenvalue weighted by Gasteiger charge is -2.11. The van der Waals surface area contributed by atoms with Crippen molar-refractivity contribution in [2.75, 3.05) is 25.0 Å². The molecule has 2 rings (SSSR count). The number of hydrogen-bond donors (Lipinski definition) is 2. The number of benzene rings is 1. The quantitative estimate of drug-likeness (QED) is 0.676. The van der Waals surface area contributed by atoms with Crippen LogP contribution in [0.2, 0.25) is 0 Å². The molecular weight excluding hydrogens is 330 g/mol. The average Bonchev–Trinajstić information content (AvgIpc) is 2.84. The SMILES string of the molecule is CCCCCNC(=O)CNS(=O)(=O)c1ccc2c(c1)CC(=O)N2C. The molecule has 0 saturated heterocycles. The van der Waals surface area contributed by atoms with Crippen molar-refractivity contribution in [3.8, 4) is 0 Å². The summed E-state index contributed by atoms with van der Waals surface area (Å²) in [4.78, 5) is 24.9. The maximum absolute atomic E-state index is 12.3. The van der Waals surface area contributed by atoms with E-state index in [0.717, 1.165) is 19.3 Å². The number of carbonyl (C=O) groups is 2. The molecule has 0 unspecified atom stereocenters. The molecule has 0 fully saturated rings. The number of likely N-dealkylation sites (N-methyl/N-ethyl adjacent to an activating group) is 1. The molecule has 1 aliphatic rings. The van der Waals surface area contributed by atoms with Gasteiger partial charge in [-0.15, -0.1) is 0 Å². The summed E-state index contributed by atoms with van der Waals surface area (Å²) in [6, 6.07) is 4.53. The predicted octanol–water partition coefficient (Wildman–Crippen LogP) is 0.790. The van der Waals surface area contributed by atoms with Gasteiger partial charge in [0.25, 0.3) is 0 Å². The van der Waals surface area contributed by atoms with Gasteiger partial charge in [-0.3, -0.25) is 9.59 Å². The molecule has 2 N–H and O–H groups in total. The van der Waals surface area contributed by atoms with Gasteiger partial charge >= 0.3 is 0 Å². The second-order valence-corrected chi connectivity index (χ2v) is 7.57. The highest BCUT2D eigenvalue weighted by atomic mass is 32.2. The highest BCUT2D eigenvalue weighted by Gasteiger charge is 2.26. The van der Waals surface area contributed by atoms with Crippen LogP contribution in [0.1, 0.15) is 31.7 Å². The molecule has 2 amide bonds. The van der Waals surface area contributed by atoms with Crippen LogP contribution in [0.4, 0.5) is 5.69 Å². The van der Waals surface area contributed by atoms with Crippen molar-refractivity contribution in [3.05, 3.63) is 23.8 Å². The summed E-state index contributed by atoms with van der Waals surface area (Å²) >= 11 is 0. The third-order valence-corrected chi connectivity index (χ3v) is 5.36. The Morgan fingerprint density at radius 1 is 1.29 bits per heavy atom. The Hall–Kier alpha value is -1.93. The van der Waals surface area contributed by atoms with Gasteiger partial charge in [0.2, 0.25) is 21.8 Å². The van der Waals surface area contributed by atoms with E-state index in [1.807, 2.05) is 0 Å². The largest absolute Gasteiger partial charge is 0.355 e. The number of carbonyl (C=O) groups excluding carboxylic acids is 2. The summed E-state index contributed by atoms with van der Waals surface area (Å²) in [6.07, 6.45) is 3.14. The summed E-state index contributed by atoms with van der Waals surface area (Å²) in [5.41, 5.74) is 1.39. The number of fused-ring (bicyclic) bond motifs is 1. The lowest BCUT2D eigenvalue weighted by atomic mass is 10.2. The number of hydrogen-bond acceptors (Lipinski definition) is 4. The third-order valence-electron chi connectivity index (χ3n) is 3.96. The topological polar surface area (TPSA) is 95.6 Å². The number of unbranched alkanes of at least 4 members (excludes halogenated alkanes) is 2. The maximum Gasteiger partial charge on any atom is 0.241 e. The van der Waals surface area contributed by atoms with E-state index in [2.05, 4.69) is 17.0 Å². The van der Waals surface area contributed by atoms with Crippen LogP contribution in [0, 0.1) is 0 Å². The van der Waals surface area contributed by atoms with Crippen molar-refractivity contribution in [1.29, 1.82) is 0 Å². The highest BCUT2D eigenvalue weighted by Crippen LogP contribution is 2.29. The van der Waals surface area contributed by atoms with Gasteiger partial charge in [-0.2, -0.15) is 0 Å². The summed E-state index contributed by atoms with van der Waals surface area (Å²) in [5, 5.41) is 2.68. The predicted molar refractivity (Wildman–Crippen MR) is 91.3 cm³/mol. The molecular formula is C16H23N3O4S. The molecule has 1 aromatic rings. The Kier molecular flexibility index (Phi) is 5.95. The van der Waals surface area contributed by atoms with Crippen molar-refractivity contribution < 1.29 is 18.0 Å². The first kappa shape index (κ1) is 18.4. The number of amides is 2. The van der Waals surface area contributed by atoms with Gasteiger partial charge in [-0.05, 0) is 30.2 Å². The zero-order valence-corrected chi connectivity index (χ0v) is 14.8. The fourth-order valence-corrected chi connectivity index (χ4v) is 3.56. The molecule has 0 atom stereocenters. The number of rotatable bonds is 8. The van der Waals surface area contributed by atoms with Crippen molar-refractivity contribution in [1.82, 2.24) is 10.0 Å². The molecule has 7 nitrogen and oxygen atoms in total. The van der Waals surface area contributed by atoms with Gasteiger partial charge in [0, 0.05) is 19.3 Å². The third kappa shape index (κ3) is 4.33. The number of nitrogens with zero attached hydrogens (tertiary/aromatic N) is 1. The summed E-state index contributed by atoms with van der Waals surface area (Å²) < 4.78 is 26.9. The van der Waals surface area contributed by atoms with Gasteiger partial charge in [0.05, 0.1) is 17.9 Å². The second kappa shape index (κ2) is 7.76. The van der Waals surface area contributed by atoms with Crippen LogP contribution in [-0.2, 0) is 26.0 Å². The molecule has 0 radical (unpaired) electrons. The van der Waals surface area contributed by atoms with E-state index >= 15 is 0 Å². The smallest absolute Gasteiger partial charge is 0.241 e. The van der Waals surface area contributed by atoms with Crippen LogP contribution >= 0.6 is 0 Å². The summed E-state index contributed by atoms with van der Waals surface area (Å²) in [5.74, 6) is -0.426. The average molecular weight is 353 g/mol. The van der Waals surface area contributed by atoms with Crippen molar-refractivity contribution >= 4 is 27.5 Å². The van der Waals surface area contributed by atoms with Crippen LogP contribution in [0.25, 0.3) is 0 Å². The van der Waals surface area contributed by atoms with E-state index in [1.165, 1.54) is 17.0 Å². The number of sulfonamides is 1. The van der Waals surface area contributed by atoms with Crippen LogP contribution < -0.4 is 14.9 Å². The lowest BCUT2D eigenvalue weighted by molar-refractivity contribution is -0.120. The van der Waals surface area contributed by atoms with Gasteiger partial charge in [0.15, 0.2) is 0 Å². The number of anilines is 1. The van der Waals surface area contributed by atoms with Crippen molar-refractivity contribution in [3.63, 3.8) is 0 Å². The molecule has 0 aromatic heterocycles. The van der Waals surface area contributed by atoms with E-state index in [-0.39, 0.29) is 29.7 Å². The van der Waals surface area contributed by atoms with Crippen LogP contribution in [0.3, 0.4) is 0 Å². The van der Waals surface area contributed by atoms with Gasteiger partial charge < -0.3 is 10.2 Å². The second-order valence-electron chi connectivity index (χ2n) is 5.80. The molecule has 0 saturated carbocycles. The summed E-state index contributed by atoms with van der Waals surface area (Å²) in [6.45, 7) is 2.31. The standard InChI is InChI=1S/C16H23N3O4S/c1-3-4-5-8-17-15(20)11-18-24(22,23)13-6-7-14-12(9-13)10-16(21)19(14)2/h6-7,9,18H,3-5,8,10-11H2,1-2H3,(H,17,20). The Morgan fingerprint density at radius 3 is 2.75 bits per heavy atom. The molecule has 0 spiro atoms. The van der Waals surface area contributed by atoms with E-state index in [9.17, 15) is 18.0 Å². The summed E-state index contributed by atoms with van der Waals surface area (Å²) in [7, 11) is -2.13. The van der Waals surface area contributed by atoms with Gasteiger partial charge in [-0.25, -0.2) is 13.1 Å². The first-order chi connectivity index (χ1) is 11.3. The highest BCUT2D eigenvalue weighted by molar-refractivity contribution is 7.89. The maximum atomic E-state index is 12.3. The molecule has 24 heavy (non-hydrogen) atoms. The zero-order chi connectivity index (χ0) is 17.7. The fraction of sp³-hybridized carbons (Fsp3) is 0.500. The monoisotopic (exact) mass is 353 g/mol. The van der Waals surface area contributed by atoms with E-state index in [1.54, 1.807) is 13.1 Å². The Labute approximate surface area is 142 Å². The minimum Gasteiger partial charge on any atom is -0.355 e. The van der Waals surface area contributed by atoms with Crippen molar-refractivity contribution in [2.24, 2.45) is 0 Å². The molecule has 8 heteroatoms.